The average Bonchev–Trinajstić information content (AvgIpc) is 2.72. The topological polar surface area (TPSA) is 26.3 Å². The van der Waals surface area contributed by atoms with Crippen molar-refractivity contribution in [2.45, 2.75) is 58.5 Å². The molecule has 0 aromatic rings. The molecule has 0 spiro atoms. The van der Waals surface area contributed by atoms with Gasteiger partial charge in [-0.2, -0.15) is 0 Å². The van der Waals surface area contributed by atoms with Gasteiger partial charge >= 0.3 is 5.97 Å². The number of hydrogen-bond acceptors (Lipinski definition) is 2. The molecule has 0 aliphatic heterocycles. The van der Waals surface area contributed by atoms with E-state index in [0.29, 0.717) is 6.42 Å². The fourth-order valence-electron chi connectivity index (χ4n) is 2.87. The van der Waals surface area contributed by atoms with E-state index in [4.69, 9.17) is 4.74 Å². The Hall–Kier alpha value is -0.790. The Morgan fingerprint density at radius 1 is 1.44 bits per heavy atom. The molecule has 16 heavy (non-hydrogen) atoms. The van der Waals surface area contributed by atoms with Gasteiger partial charge in [-0.1, -0.05) is 11.6 Å². The van der Waals surface area contributed by atoms with E-state index in [2.05, 4.69) is 6.08 Å². The zero-order chi connectivity index (χ0) is 11.8. The molecular formula is C14H22O2. The van der Waals surface area contributed by atoms with E-state index in [0.717, 1.165) is 18.3 Å². The molecule has 0 radical (unpaired) electrons. The Balaban J connectivity index is 1.76. The van der Waals surface area contributed by atoms with Crippen molar-refractivity contribution in [3.63, 3.8) is 0 Å². The number of allylic oxidation sites excluding steroid dienone is 2. The Labute approximate surface area is 98.1 Å². The van der Waals surface area contributed by atoms with Gasteiger partial charge in [0.2, 0.25) is 0 Å². The molecule has 2 aliphatic carbocycles. The van der Waals surface area contributed by atoms with Gasteiger partial charge in [0.25, 0.3) is 0 Å². The predicted octanol–water partition coefficient (Wildman–Crippen LogP) is 3.46. The number of hydrogen-bond donors (Lipinski definition) is 0. The minimum absolute atomic E-state index is 0.0591. The molecule has 2 nitrogen and oxygen atoms in total. The SMILES string of the molecule is CC(C)(C)OC(=O)CCC1=CC2CCC1C2. The molecule has 2 unspecified atom stereocenters. The largest absolute Gasteiger partial charge is 0.460 e. The van der Waals surface area contributed by atoms with E-state index in [1.807, 2.05) is 20.8 Å². The first-order valence-corrected chi connectivity index (χ1v) is 6.36. The lowest BCUT2D eigenvalue weighted by atomic mass is 9.95. The summed E-state index contributed by atoms with van der Waals surface area (Å²) in [6, 6.07) is 0. The lowest BCUT2D eigenvalue weighted by Gasteiger charge is -2.20. The summed E-state index contributed by atoms with van der Waals surface area (Å²) in [4.78, 5) is 11.6. The highest BCUT2D eigenvalue weighted by Crippen LogP contribution is 2.45. The first-order valence-electron chi connectivity index (χ1n) is 6.36. The number of carbonyl (C=O) groups excluding carboxylic acids is 1. The second kappa shape index (κ2) is 4.23. The standard InChI is InChI=1S/C14H22O2/c1-14(2,3)16-13(15)7-6-12-9-10-4-5-11(12)8-10/h9-11H,4-8H2,1-3H3. The molecular weight excluding hydrogens is 200 g/mol. The van der Waals surface area contributed by atoms with E-state index < -0.39 is 0 Å². The molecule has 90 valence electrons. The van der Waals surface area contributed by atoms with Crippen LogP contribution in [0, 0.1) is 11.8 Å². The van der Waals surface area contributed by atoms with Crippen LogP contribution in [0.2, 0.25) is 0 Å². The first kappa shape index (κ1) is 11.7. The molecule has 0 aromatic carbocycles. The van der Waals surface area contributed by atoms with E-state index in [9.17, 15) is 4.79 Å². The Bertz CT molecular complexity index is 309. The minimum Gasteiger partial charge on any atom is -0.460 e. The third-order valence-electron chi connectivity index (χ3n) is 3.49. The van der Waals surface area contributed by atoms with Gasteiger partial charge in [-0.25, -0.2) is 0 Å². The highest BCUT2D eigenvalue weighted by Gasteiger charge is 2.32. The third-order valence-corrected chi connectivity index (χ3v) is 3.49. The average molecular weight is 222 g/mol. The van der Waals surface area contributed by atoms with E-state index >= 15 is 0 Å². The molecule has 1 saturated carbocycles. The van der Waals surface area contributed by atoms with E-state index in [1.165, 1.54) is 24.8 Å². The van der Waals surface area contributed by atoms with Gasteiger partial charge in [0, 0.05) is 6.42 Å². The van der Waals surface area contributed by atoms with Crippen molar-refractivity contribution in [3.05, 3.63) is 11.6 Å². The molecule has 0 aromatic heterocycles. The summed E-state index contributed by atoms with van der Waals surface area (Å²) in [5, 5.41) is 0. The highest BCUT2D eigenvalue weighted by molar-refractivity contribution is 5.70. The van der Waals surface area contributed by atoms with Gasteiger partial charge in [0.05, 0.1) is 0 Å². The summed E-state index contributed by atoms with van der Waals surface area (Å²) in [5.41, 5.74) is 1.17. The Morgan fingerprint density at radius 3 is 2.69 bits per heavy atom. The van der Waals surface area contributed by atoms with Crippen molar-refractivity contribution < 1.29 is 9.53 Å². The Morgan fingerprint density at radius 2 is 2.19 bits per heavy atom. The third kappa shape index (κ3) is 2.87. The summed E-state index contributed by atoms with van der Waals surface area (Å²) in [6.07, 6.45) is 7.90. The number of esters is 1. The van der Waals surface area contributed by atoms with Gasteiger partial charge in [0.15, 0.2) is 0 Å². The highest BCUT2D eigenvalue weighted by atomic mass is 16.6. The zero-order valence-corrected chi connectivity index (χ0v) is 10.6. The predicted molar refractivity (Wildman–Crippen MR) is 64.0 cm³/mol. The molecule has 0 saturated heterocycles. The van der Waals surface area contributed by atoms with Crippen LogP contribution in [0.25, 0.3) is 0 Å². The summed E-state index contributed by atoms with van der Waals surface area (Å²) in [7, 11) is 0. The normalized spacial score (nSPS) is 28.1. The maximum Gasteiger partial charge on any atom is 0.306 e. The molecule has 2 bridgehead atoms. The summed E-state index contributed by atoms with van der Waals surface area (Å²) >= 11 is 0. The smallest absolute Gasteiger partial charge is 0.306 e. The molecule has 0 N–H and O–H groups in total. The van der Waals surface area contributed by atoms with Crippen LogP contribution in [-0.2, 0) is 9.53 Å². The van der Waals surface area contributed by atoms with Crippen molar-refractivity contribution in [3.8, 4) is 0 Å². The van der Waals surface area contributed by atoms with Gasteiger partial charge in [0.1, 0.15) is 5.60 Å². The van der Waals surface area contributed by atoms with Crippen molar-refractivity contribution in [2.24, 2.45) is 11.8 Å². The number of fused-ring (bicyclic) bond motifs is 2. The van der Waals surface area contributed by atoms with Gasteiger partial charge < -0.3 is 4.74 Å². The molecule has 0 heterocycles. The zero-order valence-electron chi connectivity index (χ0n) is 10.6. The lowest BCUT2D eigenvalue weighted by molar-refractivity contribution is -0.154. The molecule has 2 heteroatoms. The second-order valence-electron chi connectivity index (χ2n) is 6.10. The number of ether oxygens (including phenoxy) is 1. The quantitative estimate of drug-likeness (QED) is 0.540. The van der Waals surface area contributed by atoms with Crippen LogP contribution in [0.3, 0.4) is 0 Å². The van der Waals surface area contributed by atoms with Crippen LogP contribution in [0.4, 0.5) is 0 Å². The molecule has 0 amide bonds. The fraction of sp³-hybridized carbons (Fsp3) is 0.786. The van der Waals surface area contributed by atoms with Gasteiger partial charge in [-0.05, 0) is 58.3 Å². The van der Waals surface area contributed by atoms with Crippen molar-refractivity contribution in [1.29, 1.82) is 0 Å². The second-order valence-corrected chi connectivity index (χ2v) is 6.10. The molecule has 2 rings (SSSR count). The van der Waals surface area contributed by atoms with Crippen LogP contribution in [0.15, 0.2) is 11.6 Å². The van der Waals surface area contributed by atoms with Crippen LogP contribution in [-0.4, -0.2) is 11.6 Å². The van der Waals surface area contributed by atoms with Gasteiger partial charge in [-0.3, -0.25) is 4.79 Å². The molecule has 1 fully saturated rings. The van der Waals surface area contributed by atoms with Crippen LogP contribution in [0.5, 0.6) is 0 Å². The van der Waals surface area contributed by atoms with Crippen LogP contribution >= 0.6 is 0 Å². The lowest BCUT2D eigenvalue weighted by Crippen LogP contribution is -2.23. The summed E-state index contributed by atoms with van der Waals surface area (Å²) in [6.45, 7) is 5.76. The first-order chi connectivity index (χ1) is 7.44. The van der Waals surface area contributed by atoms with Crippen molar-refractivity contribution in [1.82, 2.24) is 0 Å². The summed E-state index contributed by atoms with van der Waals surface area (Å²) in [5.74, 6) is 1.54. The van der Waals surface area contributed by atoms with Crippen molar-refractivity contribution in [2.75, 3.05) is 0 Å². The molecule has 2 aliphatic rings. The maximum atomic E-state index is 11.6. The summed E-state index contributed by atoms with van der Waals surface area (Å²) < 4.78 is 5.31. The minimum atomic E-state index is -0.347. The Kier molecular flexibility index (Phi) is 3.09. The van der Waals surface area contributed by atoms with Gasteiger partial charge in [-0.15, -0.1) is 0 Å². The number of rotatable bonds is 3. The van der Waals surface area contributed by atoms with E-state index in [1.54, 1.807) is 0 Å². The van der Waals surface area contributed by atoms with Crippen LogP contribution in [0.1, 0.15) is 52.9 Å². The fourth-order valence-corrected chi connectivity index (χ4v) is 2.87. The van der Waals surface area contributed by atoms with E-state index in [-0.39, 0.29) is 11.6 Å². The van der Waals surface area contributed by atoms with Crippen LogP contribution < -0.4 is 0 Å². The molecule has 2 atom stereocenters. The van der Waals surface area contributed by atoms with Crippen molar-refractivity contribution >= 4 is 5.97 Å². The number of carbonyl (C=O) groups is 1. The maximum absolute atomic E-state index is 11.6. The monoisotopic (exact) mass is 222 g/mol.